The molecule has 0 aliphatic carbocycles. The van der Waals surface area contributed by atoms with Crippen molar-refractivity contribution in [3.63, 3.8) is 0 Å². The van der Waals surface area contributed by atoms with Gasteiger partial charge < -0.3 is 88.2 Å². The number of nitrogens with two attached hydrogens (primary N) is 9. The van der Waals surface area contributed by atoms with Crippen LogP contribution in [0.2, 0.25) is 0 Å². The number of H-pyrrole nitrogens is 2. The van der Waals surface area contributed by atoms with Gasteiger partial charge in [0.15, 0.2) is 17.9 Å². The average molecular weight is 986 g/mol. The lowest BCUT2D eigenvalue weighted by atomic mass is 10.0. The third kappa shape index (κ3) is 18.2. The molecule has 0 spiro atoms. The number of aliphatic imine (C=N–C) groups is 3. The van der Waals surface area contributed by atoms with Crippen molar-refractivity contribution < 1.29 is 33.6 Å². The molecule has 26 nitrogen and oxygen atoms in total. The number of carbonyl (C=O) groups excluding carboxylic acids is 7. The third-order valence-electron chi connectivity index (χ3n) is 11.3. The second kappa shape index (κ2) is 27.5. The summed E-state index contributed by atoms with van der Waals surface area (Å²) in [5.74, 6) is -6.14. The van der Waals surface area contributed by atoms with E-state index in [4.69, 9.17) is 51.6 Å². The molecule has 0 saturated carbocycles. The molecule has 0 radical (unpaired) electrons. The fourth-order valence-electron chi connectivity index (χ4n) is 7.59. The van der Waals surface area contributed by atoms with E-state index in [-0.39, 0.29) is 95.3 Å². The number of benzene rings is 2. The molecule has 384 valence electrons. The Morgan fingerprint density at radius 3 is 1.27 bits per heavy atom. The summed E-state index contributed by atoms with van der Waals surface area (Å²) in [6.45, 7) is 0.460. The summed E-state index contributed by atoms with van der Waals surface area (Å²) in [6.07, 6.45) is 3.46. The third-order valence-corrected chi connectivity index (χ3v) is 11.3. The number of fused-ring (bicyclic) bond motifs is 2. The molecule has 6 atom stereocenters. The van der Waals surface area contributed by atoms with E-state index < -0.39 is 77.6 Å². The number of amides is 7. The van der Waals surface area contributed by atoms with E-state index in [9.17, 15) is 33.6 Å². The number of primary amides is 2. The van der Waals surface area contributed by atoms with Crippen molar-refractivity contribution in [2.45, 2.75) is 100 Å². The monoisotopic (exact) mass is 986 g/mol. The molecule has 0 saturated heterocycles. The second-order valence-corrected chi connectivity index (χ2v) is 16.8. The number of nitrogens with zero attached hydrogens (tertiary/aromatic N) is 3. The number of aromatic amines is 2. The number of rotatable bonds is 30. The van der Waals surface area contributed by atoms with E-state index in [1.807, 2.05) is 36.4 Å². The zero-order chi connectivity index (χ0) is 52.0. The standard InChI is InChI=1S/C45H67N19O7/c46-28(10-5-17-55-43(49)50)38(67)61-32(14-7-19-57-45(53)54)39(68)63-35(21-25-23-59-30-12-4-2-9-27(25)30)42(71)62-33(15-16-36(47)65)40(69)64-34(20-24-22-58-29-11-3-1-8-26(24)29)41(70)60-31(37(48)66)13-6-18-56-44(51)52/h1-4,8-9,11-12,22-23,28,31-35,58-59H,5-7,10,13-21,46H2,(H2,47,65)(H2,48,66)(H,60,70)(H,61,67)(H,62,71)(H,63,68)(H,64,69)(H4,49,50,55)(H4,51,52,56)(H4,53,54,57)/t28-,31-,32-,33-,34-,35-/m0/s1. The van der Waals surface area contributed by atoms with Crippen LogP contribution in [-0.4, -0.2) is 125 Å². The summed E-state index contributed by atoms with van der Waals surface area (Å²) in [4.78, 5) is 114. The van der Waals surface area contributed by atoms with Gasteiger partial charge in [-0.05, 0) is 68.2 Å². The maximum atomic E-state index is 14.6. The molecule has 4 rings (SSSR count). The minimum Gasteiger partial charge on any atom is -0.370 e. The summed E-state index contributed by atoms with van der Waals surface area (Å²) < 4.78 is 0. The Morgan fingerprint density at radius 2 is 0.831 bits per heavy atom. The Bertz CT molecular complexity index is 2560. The largest absolute Gasteiger partial charge is 0.370 e. The molecule has 0 bridgehead atoms. The summed E-state index contributed by atoms with van der Waals surface area (Å²) >= 11 is 0. The van der Waals surface area contributed by atoms with E-state index in [0.717, 1.165) is 21.8 Å². The number of guanidine groups is 3. The van der Waals surface area contributed by atoms with Crippen LogP contribution in [0.5, 0.6) is 0 Å². The second-order valence-electron chi connectivity index (χ2n) is 16.8. The van der Waals surface area contributed by atoms with Crippen molar-refractivity contribution in [3.05, 3.63) is 72.1 Å². The number of nitrogens with one attached hydrogen (secondary N) is 7. The average Bonchev–Trinajstić information content (AvgIpc) is 3.93. The van der Waals surface area contributed by atoms with Gasteiger partial charge in [0.2, 0.25) is 41.4 Å². The van der Waals surface area contributed by atoms with Crippen LogP contribution in [0, 0.1) is 0 Å². The number of carbonyl (C=O) groups is 7. The Hall–Kier alpha value is -8.42. The minimum atomic E-state index is -1.52. The van der Waals surface area contributed by atoms with Gasteiger partial charge >= 0.3 is 0 Å². The highest BCUT2D eigenvalue weighted by atomic mass is 16.2. The first-order valence-electron chi connectivity index (χ1n) is 22.9. The van der Waals surface area contributed by atoms with Crippen LogP contribution < -0.4 is 78.2 Å². The lowest BCUT2D eigenvalue weighted by Gasteiger charge is -2.27. The predicted octanol–water partition coefficient (Wildman–Crippen LogP) is -3.90. The van der Waals surface area contributed by atoms with Crippen LogP contribution in [0.25, 0.3) is 21.8 Å². The fourth-order valence-corrected chi connectivity index (χ4v) is 7.59. The topological polar surface area (TPSA) is 482 Å². The Labute approximate surface area is 408 Å². The van der Waals surface area contributed by atoms with Crippen LogP contribution in [0.15, 0.2) is 75.9 Å². The van der Waals surface area contributed by atoms with Crippen LogP contribution in [-0.2, 0) is 46.4 Å². The first-order valence-corrected chi connectivity index (χ1v) is 22.9. The Balaban J connectivity index is 1.66. The fraction of sp³-hybridized carbons (Fsp3) is 0.422. The molecule has 4 aromatic rings. The summed E-state index contributed by atoms with van der Waals surface area (Å²) in [6, 6.07) is 6.66. The predicted molar refractivity (Wildman–Crippen MR) is 269 cm³/mol. The molecular formula is C45H67N19O7. The lowest BCUT2D eigenvalue weighted by molar-refractivity contribution is -0.135. The van der Waals surface area contributed by atoms with Crippen LogP contribution in [0.4, 0.5) is 0 Å². The summed E-state index contributed by atoms with van der Waals surface area (Å²) in [7, 11) is 0. The number of hydrogen-bond donors (Lipinski definition) is 16. The van der Waals surface area contributed by atoms with Gasteiger partial charge in [-0.2, -0.15) is 0 Å². The van der Waals surface area contributed by atoms with E-state index >= 15 is 0 Å². The zero-order valence-corrected chi connectivity index (χ0v) is 39.3. The van der Waals surface area contributed by atoms with Crippen LogP contribution in [0.1, 0.15) is 62.5 Å². The van der Waals surface area contributed by atoms with Crippen molar-refractivity contribution in [1.29, 1.82) is 0 Å². The molecule has 0 fully saturated rings. The quantitative estimate of drug-likeness (QED) is 0.0135. The molecule has 0 aliphatic heterocycles. The molecule has 2 aromatic heterocycles. The van der Waals surface area contributed by atoms with Gasteiger partial charge in [-0.3, -0.25) is 48.5 Å². The van der Waals surface area contributed by atoms with Crippen molar-refractivity contribution in [3.8, 4) is 0 Å². The van der Waals surface area contributed by atoms with Crippen molar-refractivity contribution in [1.82, 2.24) is 36.6 Å². The first kappa shape index (κ1) is 55.2. The lowest BCUT2D eigenvalue weighted by Crippen LogP contribution is -2.60. The molecule has 26 heteroatoms. The molecule has 2 aromatic carbocycles. The van der Waals surface area contributed by atoms with E-state index in [0.29, 0.717) is 17.5 Å². The highest BCUT2D eigenvalue weighted by Gasteiger charge is 2.34. The first-order chi connectivity index (χ1) is 33.8. The van der Waals surface area contributed by atoms with Crippen LogP contribution in [0.3, 0.4) is 0 Å². The van der Waals surface area contributed by atoms with Crippen molar-refractivity contribution in [2.24, 2.45) is 66.6 Å². The molecule has 2 heterocycles. The van der Waals surface area contributed by atoms with Gasteiger partial charge in [-0.1, -0.05) is 36.4 Å². The van der Waals surface area contributed by atoms with Gasteiger partial charge in [-0.15, -0.1) is 0 Å². The maximum Gasteiger partial charge on any atom is 0.243 e. The van der Waals surface area contributed by atoms with E-state index in [1.54, 1.807) is 24.5 Å². The number of hydrogen-bond acceptors (Lipinski definition) is 11. The SMILES string of the molecule is NC(=O)CC[C@H](NC(=O)[C@H](Cc1c[nH]c2ccccc12)NC(=O)[C@H](CCCN=C(N)N)NC(=O)[C@@H](N)CCCN=C(N)N)C(=O)N[C@@H](Cc1c[nH]c2ccccc12)C(=O)N[C@@H](CCCN=C(N)N)C(N)=O. The number of para-hydroxylation sites is 2. The minimum absolute atomic E-state index is 0.00685. The van der Waals surface area contributed by atoms with Gasteiger partial charge in [0.05, 0.1) is 6.04 Å². The highest BCUT2D eigenvalue weighted by molar-refractivity contribution is 5.98. The Morgan fingerprint density at radius 1 is 0.465 bits per heavy atom. The molecule has 0 unspecified atom stereocenters. The molecule has 7 amide bonds. The molecule has 0 aliphatic rings. The number of aromatic nitrogens is 2. The Kier molecular flexibility index (Phi) is 21.4. The zero-order valence-electron chi connectivity index (χ0n) is 39.3. The molecular weight excluding hydrogens is 919 g/mol. The molecule has 25 N–H and O–H groups in total. The van der Waals surface area contributed by atoms with Crippen molar-refractivity contribution >= 4 is 81.0 Å². The van der Waals surface area contributed by atoms with Gasteiger partial charge in [-0.25, -0.2) is 0 Å². The smallest absolute Gasteiger partial charge is 0.243 e. The van der Waals surface area contributed by atoms with Gasteiger partial charge in [0, 0.05) is 73.1 Å². The van der Waals surface area contributed by atoms with Crippen molar-refractivity contribution in [2.75, 3.05) is 19.6 Å². The van der Waals surface area contributed by atoms with Crippen LogP contribution >= 0.6 is 0 Å². The normalized spacial score (nSPS) is 13.5. The maximum absolute atomic E-state index is 14.6. The molecule has 71 heavy (non-hydrogen) atoms. The van der Waals surface area contributed by atoms with E-state index in [2.05, 4.69) is 51.5 Å². The highest BCUT2D eigenvalue weighted by Crippen LogP contribution is 2.21. The van der Waals surface area contributed by atoms with Gasteiger partial charge in [0.25, 0.3) is 0 Å². The van der Waals surface area contributed by atoms with E-state index in [1.165, 1.54) is 0 Å². The summed E-state index contributed by atoms with van der Waals surface area (Å²) in [5.41, 5.74) is 52.7. The summed E-state index contributed by atoms with van der Waals surface area (Å²) in [5, 5.41) is 14.9. The van der Waals surface area contributed by atoms with Gasteiger partial charge in [0.1, 0.15) is 30.2 Å².